The lowest BCUT2D eigenvalue weighted by atomic mass is 9.96. The number of halogens is 1. The minimum Gasteiger partial charge on any atom is -0.386 e. The van der Waals surface area contributed by atoms with Gasteiger partial charge in [-0.25, -0.2) is 13.9 Å². The van der Waals surface area contributed by atoms with Crippen LogP contribution in [0.3, 0.4) is 0 Å². The zero-order valence-corrected chi connectivity index (χ0v) is 18.2. The van der Waals surface area contributed by atoms with Crippen LogP contribution in [0.4, 0.5) is 4.39 Å². The van der Waals surface area contributed by atoms with E-state index in [0.717, 1.165) is 22.5 Å². The summed E-state index contributed by atoms with van der Waals surface area (Å²) in [5, 5.41) is 14.6. The Bertz CT molecular complexity index is 1300. The minimum absolute atomic E-state index is 0.0613. The molecule has 0 amide bonds. The number of aryl methyl sites for hydroxylation is 1. The normalized spacial score (nSPS) is 12.0. The first-order valence-electron chi connectivity index (χ1n) is 10.3. The van der Waals surface area contributed by atoms with E-state index in [0.29, 0.717) is 16.9 Å². The Balaban J connectivity index is 1.63. The summed E-state index contributed by atoms with van der Waals surface area (Å²) in [6.45, 7) is 5.30. The van der Waals surface area contributed by atoms with Crippen molar-refractivity contribution in [1.82, 2.24) is 14.6 Å². The lowest BCUT2D eigenvalue weighted by molar-refractivity contribution is 0.0784. The van der Waals surface area contributed by atoms with E-state index in [4.69, 9.17) is 0 Å². The van der Waals surface area contributed by atoms with E-state index in [-0.39, 0.29) is 18.0 Å². The van der Waals surface area contributed by atoms with Crippen LogP contribution in [0.15, 0.2) is 60.7 Å². The van der Waals surface area contributed by atoms with Crippen molar-refractivity contribution >= 4 is 23.6 Å². The molecule has 0 radical (unpaired) electrons. The minimum atomic E-state index is -0.959. The number of aromatic nitrogens is 3. The maximum atomic E-state index is 13.2. The van der Waals surface area contributed by atoms with E-state index >= 15 is 0 Å². The highest BCUT2D eigenvalue weighted by Gasteiger charge is 2.17. The first-order chi connectivity index (χ1) is 15.2. The first kappa shape index (κ1) is 21.6. The average Bonchev–Trinajstić information content (AvgIpc) is 3.13. The van der Waals surface area contributed by atoms with E-state index < -0.39 is 5.60 Å². The maximum absolute atomic E-state index is 13.2. The molecule has 0 fully saturated rings. The molecule has 1 N–H and O–H groups in total. The second-order valence-corrected chi connectivity index (χ2v) is 8.35. The van der Waals surface area contributed by atoms with Crippen LogP contribution in [0, 0.1) is 12.7 Å². The second kappa shape index (κ2) is 8.48. The van der Waals surface area contributed by atoms with Crippen LogP contribution < -0.4 is 0 Å². The molecule has 0 spiro atoms. The van der Waals surface area contributed by atoms with Crippen molar-refractivity contribution < 1.29 is 14.3 Å². The molecule has 2 heterocycles. The average molecular weight is 429 g/mol. The van der Waals surface area contributed by atoms with Gasteiger partial charge in [-0.15, -0.1) is 0 Å². The molecule has 4 rings (SSSR count). The third-order valence-electron chi connectivity index (χ3n) is 5.20. The second-order valence-electron chi connectivity index (χ2n) is 8.35. The molecule has 5 nitrogen and oxygen atoms in total. The zero-order chi connectivity index (χ0) is 22.9. The summed E-state index contributed by atoms with van der Waals surface area (Å²) in [6.07, 6.45) is 3.88. The van der Waals surface area contributed by atoms with Gasteiger partial charge in [0.15, 0.2) is 11.4 Å². The van der Waals surface area contributed by atoms with Gasteiger partial charge in [-0.05, 0) is 56.2 Å². The molecule has 32 heavy (non-hydrogen) atoms. The number of nitrogens with zero attached hydrogens (tertiary/aromatic N) is 3. The first-order valence-corrected chi connectivity index (χ1v) is 10.3. The highest BCUT2D eigenvalue weighted by molar-refractivity contribution is 5.97. The van der Waals surface area contributed by atoms with Gasteiger partial charge in [0.25, 0.3) is 0 Å². The Labute approximate surface area is 185 Å². The summed E-state index contributed by atoms with van der Waals surface area (Å²) in [4.78, 5) is 17.5. The predicted molar refractivity (Wildman–Crippen MR) is 123 cm³/mol. The lowest BCUT2D eigenvalue weighted by Crippen LogP contribution is -2.15. The van der Waals surface area contributed by atoms with Gasteiger partial charge in [-0.2, -0.15) is 5.10 Å². The van der Waals surface area contributed by atoms with Gasteiger partial charge in [0, 0.05) is 11.6 Å². The topological polar surface area (TPSA) is 67.5 Å². The van der Waals surface area contributed by atoms with Gasteiger partial charge < -0.3 is 5.11 Å². The highest BCUT2D eigenvalue weighted by Crippen LogP contribution is 2.21. The maximum Gasteiger partial charge on any atom is 0.168 e. The van der Waals surface area contributed by atoms with Crippen molar-refractivity contribution in [3.63, 3.8) is 0 Å². The van der Waals surface area contributed by atoms with Gasteiger partial charge in [0.2, 0.25) is 0 Å². The van der Waals surface area contributed by atoms with Crippen molar-refractivity contribution in [2.75, 3.05) is 0 Å². The van der Waals surface area contributed by atoms with Crippen LogP contribution >= 0.6 is 0 Å². The summed E-state index contributed by atoms with van der Waals surface area (Å²) in [6, 6.07) is 16.9. The molecule has 6 heteroatoms. The van der Waals surface area contributed by atoms with E-state index in [9.17, 15) is 14.3 Å². The molecule has 0 aliphatic rings. The standard InChI is InChI=1S/C26H24FN3O2/c1-17-14-25-28-22(16-24(31)19-7-9-20(10-8-19)26(2,3)32)15-23(30(25)29-17)13-6-18-4-11-21(27)12-5-18/h4-15,32H,16H2,1-3H3/b13-6+. The number of ketones is 1. The van der Waals surface area contributed by atoms with Gasteiger partial charge in [-0.3, -0.25) is 4.79 Å². The fourth-order valence-electron chi connectivity index (χ4n) is 3.46. The molecule has 4 aromatic rings. The quantitative estimate of drug-likeness (QED) is 0.438. The zero-order valence-electron chi connectivity index (χ0n) is 18.2. The molecular formula is C26H24FN3O2. The van der Waals surface area contributed by atoms with Crippen molar-refractivity contribution in [2.24, 2.45) is 0 Å². The number of Topliss-reactive ketones (excluding diaryl/α,β-unsaturated/α-hetero) is 1. The Kier molecular flexibility index (Phi) is 5.72. The lowest BCUT2D eigenvalue weighted by Gasteiger charge is -2.17. The van der Waals surface area contributed by atoms with Crippen LogP contribution in [0.1, 0.15) is 52.4 Å². The van der Waals surface area contributed by atoms with Gasteiger partial charge >= 0.3 is 0 Å². The molecule has 0 aliphatic carbocycles. The van der Waals surface area contributed by atoms with Crippen LogP contribution in [-0.2, 0) is 12.0 Å². The molecule has 0 atom stereocenters. The summed E-state index contributed by atoms with van der Waals surface area (Å²) >= 11 is 0. The molecular weight excluding hydrogens is 405 g/mol. The van der Waals surface area contributed by atoms with E-state index in [2.05, 4.69) is 10.1 Å². The fourth-order valence-corrected chi connectivity index (χ4v) is 3.46. The van der Waals surface area contributed by atoms with E-state index in [1.165, 1.54) is 12.1 Å². The number of hydrogen-bond donors (Lipinski definition) is 1. The third-order valence-corrected chi connectivity index (χ3v) is 5.20. The Hall–Kier alpha value is -3.64. The Morgan fingerprint density at radius 1 is 1.06 bits per heavy atom. The molecule has 0 bridgehead atoms. The van der Waals surface area contributed by atoms with Crippen LogP contribution in [0.2, 0.25) is 0 Å². The molecule has 0 unspecified atom stereocenters. The van der Waals surface area contributed by atoms with Gasteiger partial charge in [0.05, 0.1) is 29.1 Å². The SMILES string of the molecule is Cc1cc2nc(CC(=O)c3ccc(C(C)(C)O)cc3)cc(/C=C/c3ccc(F)cc3)n2n1. The Morgan fingerprint density at radius 2 is 1.75 bits per heavy atom. The monoisotopic (exact) mass is 429 g/mol. The summed E-state index contributed by atoms with van der Waals surface area (Å²) in [5.41, 5.74) is 4.08. The number of carbonyl (C=O) groups is 1. The number of benzene rings is 2. The summed E-state index contributed by atoms with van der Waals surface area (Å²) in [7, 11) is 0. The molecule has 2 aromatic carbocycles. The summed E-state index contributed by atoms with van der Waals surface area (Å²) < 4.78 is 14.9. The van der Waals surface area contributed by atoms with Gasteiger partial charge in [0.1, 0.15) is 5.82 Å². The number of hydrogen-bond acceptors (Lipinski definition) is 4. The number of aliphatic hydroxyl groups is 1. The molecule has 2 aromatic heterocycles. The molecule has 0 saturated heterocycles. The van der Waals surface area contributed by atoms with Crippen LogP contribution in [-0.4, -0.2) is 25.5 Å². The van der Waals surface area contributed by atoms with Crippen LogP contribution in [0.5, 0.6) is 0 Å². The van der Waals surface area contributed by atoms with Crippen LogP contribution in [0.25, 0.3) is 17.8 Å². The third kappa shape index (κ3) is 4.81. The molecule has 0 saturated carbocycles. The molecule has 0 aliphatic heterocycles. The van der Waals surface area contributed by atoms with Crippen molar-refractivity contribution in [1.29, 1.82) is 0 Å². The number of carbonyl (C=O) groups excluding carboxylic acids is 1. The highest BCUT2D eigenvalue weighted by atomic mass is 19.1. The molecule has 162 valence electrons. The van der Waals surface area contributed by atoms with Gasteiger partial charge in [-0.1, -0.05) is 42.5 Å². The summed E-state index contributed by atoms with van der Waals surface area (Å²) in [5.74, 6) is -0.346. The van der Waals surface area contributed by atoms with Crippen molar-refractivity contribution in [3.8, 4) is 0 Å². The van der Waals surface area contributed by atoms with Crippen molar-refractivity contribution in [2.45, 2.75) is 32.8 Å². The smallest absolute Gasteiger partial charge is 0.168 e. The number of fused-ring (bicyclic) bond motifs is 1. The Morgan fingerprint density at radius 3 is 2.41 bits per heavy atom. The van der Waals surface area contributed by atoms with E-state index in [1.54, 1.807) is 54.8 Å². The van der Waals surface area contributed by atoms with E-state index in [1.807, 2.05) is 31.2 Å². The predicted octanol–water partition coefficient (Wildman–Crippen LogP) is 5.00. The largest absolute Gasteiger partial charge is 0.386 e. The number of rotatable bonds is 6. The fraction of sp³-hybridized carbons (Fsp3) is 0.192. The van der Waals surface area contributed by atoms with Crippen molar-refractivity contribution in [3.05, 3.63) is 100 Å².